The first-order valence-electron chi connectivity index (χ1n) is 4.14. The van der Waals surface area contributed by atoms with Crippen molar-refractivity contribution in [2.45, 2.75) is 19.4 Å². The second-order valence-corrected chi connectivity index (χ2v) is 4.74. The first-order valence-corrected chi connectivity index (χ1v) is 5.43. The van der Waals surface area contributed by atoms with E-state index in [0.29, 0.717) is 21.7 Å². The lowest BCUT2D eigenvalue weighted by Crippen LogP contribution is -2.30. The Morgan fingerprint density at radius 2 is 1.64 bits per heavy atom. The summed E-state index contributed by atoms with van der Waals surface area (Å²) < 4.78 is 5.61. The molecule has 0 heterocycles. The van der Waals surface area contributed by atoms with Gasteiger partial charge in [0.15, 0.2) is 0 Å². The maximum atomic E-state index is 5.82. The monoisotopic (exact) mass is 252 g/mol. The number of hydrogen-bond acceptors (Lipinski definition) is 1. The molecule has 0 saturated heterocycles. The molecular formula is C10H11Cl3O. The molecule has 1 aromatic rings. The standard InChI is InChI=1S/C10H11Cl3O/c1-10(2,6-11)14-9-4-7(12)3-8(13)5-9/h3-5H,6H2,1-2H3. The lowest BCUT2D eigenvalue weighted by molar-refractivity contribution is 0.134. The lowest BCUT2D eigenvalue weighted by Gasteiger charge is -2.23. The van der Waals surface area contributed by atoms with E-state index in [1.165, 1.54) is 0 Å². The van der Waals surface area contributed by atoms with Crippen LogP contribution in [0.15, 0.2) is 18.2 Å². The minimum atomic E-state index is -0.421. The van der Waals surface area contributed by atoms with Crippen molar-refractivity contribution >= 4 is 34.8 Å². The largest absolute Gasteiger partial charge is 0.487 e. The van der Waals surface area contributed by atoms with Crippen molar-refractivity contribution in [2.24, 2.45) is 0 Å². The highest BCUT2D eigenvalue weighted by atomic mass is 35.5. The van der Waals surface area contributed by atoms with Gasteiger partial charge in [-0.1, -0.05) is 23.2 Å². The normalized spacial score (nSPS) is 11.5. The summed E-state index contributed by atoms with van der Waals surface area (Å²) in [6.07, 6.45) is 0. The Kier molecular flexibility index (Phi) is 3.94. The van der Waals surface area contributed by atoms with Crippen LogP contribution in [-0.4, -0.2) is 11.5 Å². The van der Waals surface area contributed by atoms with Crippen LogP contribution in [0, 0.1) is 0 Å². The summed E-state index contributed by atoms with van der Waals surface area (Å²) in [5, 5.41) is 1.11. The van der Waals surface area contributed by atoms with Crippen molar-refractivity contribution in [3.8, 4) is 5.75 Å². The number of rotatable bonds is 3. The van der Waals surface area contributed by atoms with Crippen molar-refractivity contribution < 1.29 is 4.74 Å². The second-order valence-electron chi connectivity index (χ2n) is 3.60. The fraction of sp³-hybridized carbons (Fsp3) is 0.400. The molecule has 1 nitrogen and oxygen atoms in total. The van der Waals surface area contributed by atoms with Crippen LogP contribution in [0.25, 0.3) is 0 Å². The maximum absolute atomic E-state index is 5.82. The van der Waals surface area contributed by atoms with Gasteiger partial charge in [0.1, 0.15) is 11.4 Å². The van der Waals surface area contributed by atoms with E-state index in [1.807, 2.05) is 13.8 Å². The molecule has 0 aliphatic carbocycles. The van der Waals surface area contributed by atoms with E-state index in [9.17, 15) is 0 Å². The molecule has 0 aliphatic heterocycles. The molecule has 0 aliphatic rings. The van der Waals surface area contributed by atoms with Gasteiger partial charge in [-0.15, -0.1) is 11.6 Å². The Balaban J connectivity index is 2.87. The molecule has 0 amide bonds. The van der Waals surface area contributed by atoms with Crippen molar-refractivity contribution in [2.75, 3.05) is 5.88 Å². The highest BCUT2D eigenvalue weighted by molar-refractivity contribution is 6.34. The molecule has 0 fully saturated rings. The minimum Gasteiger partial charge on any atom is -0.487 e. The highest BCUT2D eigenvalue weighted by Gasteiger charge is 2.18. The summed E-state index contributed by atoms with van der Waals surface area (Å²) in [6, 6.07) is 5.08. The molecule has 4 heteroatoms. The number of ether oxygens (including phenoxy) is 1. The van der Waals surface area contributed by atoms with E-state index in [1.54, 1.807) is 18.2 Å². The topological polar surface area (TPSA) is 9.23 Å². The molecule has 0 bridgehead atoms. The molecule has 1 aromatic carbocycles. The van der Waals surface area contributed by atoms with Gasteiger partial charge in [-0.3, -0.25) is 0 Å². The van der Waals surface area contributed by atoms with Gasteiger partial charge in [0, 0.05) is 10.0 Å². The average molecular weight is 254 g/mol. The Morgan fingerprint density at radius 1 is 1.14 bits per heavy atom. The fourth-order valence-corrected chi connectivity index (χ4v) is 1.49. The number of halogens is 3. The third-order valence-corrected chi connectivity index (χ3v) is 2.63. The Labute approximate surface area is 98.9 Å². The SMILES string of the molecule is CC(C)(CCl)Oc1cc(Cl)cc(Cl)c1. The van der Waals surface area contributed by atoms with Gasteiger partial charge in [-0.2, -0.15) is 0 Å². The van der Waals surface area contributed by atoms with Crippen LogP contribution in [0.1, 0.15) is 13.8 Å². The van der Waals surface area contributed by atoms with Gasteiger partial charge in [0.2, 0.25) is 0 Å². The number of alkyl halides is 1. The summed E-state index contributed by atoms with van der Waals surface area (Å²) >= 11 is 17.4. The van der Waals surface area contributed by atoms with Crippen molar-refractivity contribution in [1.29, 1.82) is 0 Å². The third-order valence-electron chi connectivity index (χ3n) is 1.55. The second kappa shape index (κ2) is 4.61. The first kappa shape index (κ1) is 12.0. The lowest BCUT2D eigenvalue weighted by atomic mass is 10.2. The van der Waals surface area contributed by atoms with Gasteiger partial charge >= 0.3 is 0 Å². The molecule has 0 atom stereocenters. The molecule has 0 aromatic heterocycles. The van der Waals surface area contributed by atoms with Gasteiger partial charge in [0.25, 0.3) is 0 Å². The van der Waals surface area contributed by atoms with Crippen molar-refractivity contribution in [3.63, 3.8) is 0 Å². The smallest absolute Gasteiger partial charge is 0.123 e. The summed E-state index contributed by atoms with van der Waals surface area (Å²) in [7, 11) is 0. The van der Waals surface area contributed by atoms with Crippen molar-refractivity contribution in [3.05, 3.63) is 28.2 Å². The van der Waals surface area contributed by atoms with Crippen molar-refractivity contribution in [1.82, 2.24) is 0 Å². The predicted octanol–water partition coefficient (Wildman–Crippen LogP) is 4.39. The van der Waals surface area contributed by atoms with Crippen LogP contribution in [0.5, 0.6) is 5.75 Å². The molecule has 0 spiro atoms. The quantitative estimate of drug-likeness (QED) is 0.726. The first-order chi connectivity index (χ1) is 6.43. The Morgan fingerprint density at radius 3 is 2.07 bits per heavy atom. The summed E-state index contributed by atoms with van der Waals surface area (Å²) in [4.78, 5) is 0. The van der Waals surface area contributed by atoms with Gasteiger partial charge in [0.05, 0.1) is 5.88 Å². The van der Waals surface area contributed by atoms with Gasteiger partial charge < -0.3 is 4.74 Å². The Hall–Kier alpha value is -0.110. The minimum absolute atomic E-state index is 0.400. The van der Waals surface area contributed by atoms with Crippen LogP contribution in [-0.2, 0) is 0 Å². The maximum Gasteiger partial charge on any atom is 0.123 e. The number of benzene rings is 1. The molecule has 0 radical (unpaired) electrons. The van der Waals surface area contributed by atoms with E-state index in [0.717, 1.165) is 0 Å². The molecule has 0 unspecified atom stereocenters. The van der Waals surface area contributed by atoms with Crippen LogP contribution < -0.4 is 4.74 Å². The van der Waals surface area contributed by atoms with Crippen LogP contribution in [0.2, 0.25) is 10.0 Å². The van der Waals surface area contributed by atoms with E-state index in [2.05, 4.69) is 0 Å². The molecule has 0 N–H and O–H groups in total. The zero-order valence-electron chi connectivity index (χ0n) is 7.98. The van der Waals surface area contributed by atoms with Crippen LogP contribution in [0.3, 0.4) is 0 Å². The zero-order chi connectivity index (χ0) is 10.8. The third kappa shape index (κ3) is 3.56. The van der Waals surface area contributed by atoms with E-state index >= 15 is 0 Å². The molecular weight excluding hydrogens is 242 g/mol. The van der Waals surface area contributed by atoms with Gasteiger partial charge in [-0.05, 0) is 32.0 Å². The van der Waals surface area contributed by atoms with E-state index < -0.39 is 5.60 Å². The zero-order valence-corrected chi connectivity index (χ0v) is 10.2. The van der Waals surface area contributed by atoms with E-state index in [-0.39, 0.29) is 0 Å². The summed E-state index contributed by atoms with van der Waals surface area (Å²) in [5.74, 6) is 1.03. The fourth-order valence-electron chi connectivity index (χ4n) is 0.934. The molecule has 78 valence electrons. The molecule has 14 heavy (non-hydrogen) atoms. The average Bonchev–Trinajstić information content (AvgIpc) is 2.01. The molecule has 0 saturated carbocycles. The highest BCUT2D eigenvalue weighted by Crippen LogP contribution is 2.27. The predicted molar refractivity (Wildman–Crippen MR) is 61.9 cm³/mol. The number of hydrogen-bond donors (Lipinski definition) is 0. The van der Waals surface area contributed by atoms with Crippen LogP contribution >= 0.6 is 34.8 Å². The molecule has 1 rings (SSSR count). The van der Waals surface area contributed by atoms with E-state index in [4.69, 9.17) is 39.5 Å². The summed E-state index contributed by atoms with van der Waals surface area (Å²) in [5.41, 5.74) is -0.421. The van der Waals surface area contributed by atoms with Gasteiger partial charge in [-0.25, -0.2) is 0 Å². The van der Waals surface area contributed by atoms with Crippen LogP contribution in [0.4, 0.5) is 0 Å². The Bertz CT molecular complexity index is 303. The summed E-state index contributed by atoms with van der Waals surface area (Å²) in [6.45, 7) is 3.80.